The Bertz CT molecular complexity index is 448. The summed E-state index contributed by atoms with van der Waals surface area (Å²) in [6, 6.07) is 9.89. The van der Waals surface area contributed by atoms with Crippen molar-refractivity contribution in [1.29, 1.82) is 0 Å². The van der Waals surface area contributed by atoms with Gasteiger partial charge in [-0.3, -0.25) is 10.1 Å². The van der Waals surface area contributed by atoms with Crippen molar-refractivity contribution in [2.75, 3.05) is 0 Å². The second-order valence-corrected chi connectivity index (χ2v) is 2.75. The van der Waals surface area contributed by atoms with E-state index in [1.165, 1.54) is 12.3 Å². The van der Waals surface area contributed by atoms with Crippen molar-refractivity contribution < 1.29 is 9.34 Å². The highest BCUT2D eigenvalue weighted by Gasteiger charge is 2.15. The summed E-state index contributed by atoms with van der Waals surface area (Å²) in [5.74, 6) is 0.511. The second-order valence-electron chi connectivity index (χ2n) is 2.75. The van der Waals surface area contributed by atoms with E-state index in [1.807, 2.05) is 0 Å². The molecule has 70 valence electrons. The molecular weight excluding hydrogens is 182 g/mol. The Morgan fingerprint density at radius 1 is 1.14 bits per heavy atom. The number of nitrogens with zero attached hydrogens (tertiary/aromatic N) is 1. The van der Waals surface area contributed by atoms with Crippen molar-refractivity contribution in [2.45, 2.75) is 0 Å². The van der Waals surface area contributed by atoms with Gasteiger partial charge in [-0.1, -0.05) is 12.1 Å². The molecule has 0 N–H and O–H groups in total. The topological polar surface area (TPSA) is 56.3 Å². The maximum absolute atomic E-state index is 10.7. The Labute approximate surface area is 79.9 Å². The highest BCUT2D eigenvalue weighted by Crippen LogP contribution is 2.29. The van der Waals surface area contributed by atoms with Gasteiger partial charge in [0.15, 0.2) is 0 Å². The third-order valence-corrected chi connectivity index (χ3v) is 1.89. The third kappa shape index (κ3) is 1.37. The van der Waals surface area contributed by atoms with Crippen LogP contribution in [0.3, 0.4) is 0 Å². The summed E-state index contributed by atoms with van der Waals surface area (Å²) < 4.78 is 5.11. The van der Waals surface area contributed by atoms with Gasteiger partial charge in [-0.25, -0.2) is 0 Å². The molecule has 0 unspecified atom stereocenters. The molecule has 0 fully saturated rings. The Morgan fingerprint density at radius 2 is 1.93 bits per heavy atom. The minimum atomic E-state index is -0.419. The number of benzene rings is 1. The van der Waals surface area contributed by atoms with Crippen molar-refractivity contribution in [3.8, 4) is 11.3 Å². The first kappa shape index (κ1) is 8.50. The van der Waals surface area contributed by atoms with Crippen LogP contribution in [0.5, 0.6) is 0 Å². The number of hydrogen-bond donors (Lipinski definition) is 0. The molecule has 2 aromatic rings. The first-order chi connectivity index (χ1) is 6.79. The van der Waals surface area contributed by atoms with E-state index in [0.717, 1.165) is 0 Å². The number of nitro groups is 1. The minimum Gasteiger partial charge on any atom is -0.464 e. The summed E-state index contributed by atoms with van der Waals surface area (Å²) in [5, 5.41) is 10.7. The maximum Gasteiger partial charge on any atom is 0.280 e. The van der Waals surface area contributed by atoms with Crippen LogP contribution in [-0.4, -0.2) is 4.92 Å². The van der Waals surface area contributed by atoms with E-state index in [4.69, 9.17) is 4.42 Å². The molecule has 0 aliphatic rings. The van der Waals surface area contributed by atoms with Gasteiger partial charge in [-0.2, -0.15) is 0 Å². The monoisotopic (exact) mass is 189 g/mol. The normalized spacial score (nSPS) is 10.0. The maximum atomic E-state index is 10.7. The van der Waals surface area contributed by atoms with E-state index >= 15 is 0 Å². The van der Waals surface area contributed by atoms with Gasteiger partial charge in [-0.05, 0) is 18.2 Å². The Morgan fingerprint density at radius 3 is 2.57 bits per heavy atom. The summed E-state index contributed by atoms with van der Waals surface area (Å²) >= 11 is 0. The van der Waals surface area contributed by atoms with Gasteiger partial charge >= 0.3 is 0 Å². The van der Waals surface area contributed by atoms with Gasteiger partial charge in [0.2, 0.25) is 0 Å². The molecule has 0 radical (unpaired) electrons. The van der Waals surface area contributed by atoms with Gasteiger partial charge in [0.05, 0.1) is 16.7 Å². The van der Waals surface area contributed by atoms with Gasteiger partial charge in [0, 0.05) is 6.07 Å². The van der Waals surface area contributed by atoms with Crippen LogP contribution in [0.2, 0.25) is 0 Å². The molecule has 0 aliphatic carbocycles. The fourth-order valence-corrected chi connectivity index (χ4v) is 1.27. The average Bonchev–Trinajstić information content (AvgIpc) is 2.70. The molecule has 0 bridgehead atoms. The number of rotatable bonds is 2. The van der Waals surface area contributed by atoms with Gasteiger partial charge in [-0.15, -0.1) is 0 Å². The first-order valence-electron chi connectivity index (χ1n) is 4.06. The van der Waals surface area contributed by atoms with Crippen LogP contribution < -0.4 is 0 Å². The van der Waals surface area contributed by atoms with Crippen LogP contribution in [0.25, 0.3) is 11.3 Å². The van der Waals surface area contributed by atoms with Crippen molar-refractivity contribution in [3.05, 3.63) is 52.8 Å². The number of hydrogen-bond acceptors (Lipinski definition) is 3. The van der Waals surface area contributed by atoms with Gasteiger partial charge < -0.3 is 4.42 Å². The zero-order chi connectivity index (χ0) is 9.97. The fraction of sp³-hybridized carbons (Fsp3) is 0. The molecule has 2 rings (SSSR count). The molecule has 4 heteroatoms. The van der Waals surface area contributed by atoms with Gasteiger partial charge in [0.1, 0.15) is 5.76 Å². The molecule has 0 atom stereocenters. The molecule has 1 aromatic heterocycles. The SMILES string of the molecule is O=[N+]([O-])c1ccccc1-c1ccco1. The van der Waals surface area contributed by atoms with E-state index in [1.54, 1.807) is 30.3 Å². The van der Waals surface area contributed by atoms with Crippen LogP contribution in [0, 0.1) is 10.1 Å². The highest BCUT2D eigenvalue weighted by molar-refractivity contribution is 5.68. The highest BCUT2D eigenvalue weighted by atomic mass is 16.6. The Hall–Kier alpha value is -2.10. The van der Waals surface area contributed by atoms with E-state index in [2.05, 4.69) is 0 Å². The van der Waals surface area contributed by atoms with Crippen LogP contribution >= 0.6 is 0 Å². The lowest BCUT2D eigenvalue weighted by Crippen LogP contribution is -1.90. The van der Waals surface area contributed by atoms with Crippen LogP contribution in [0.15, 0.2) is 47.1 Å². The van der Waals surface area contributed by atoms with Crippen molar-refractivity contribution in [3.63, 3.8) is 0 Å². The molecule has 0 amide bonds. The van der Waals surface area contributed by atoms with Gasteiger partial charge in [0.25, 0.3) is 5.69 Å². The standard InChI is InChI=1S/C10H7NO3/c12-11(13)9-5-2-1-4-8(9)10-6-3-7-14-10/h1-7H. The summed E-state index contributed by atoms with van der Waals surface area (Å²) in [5.41, 5.74) is 0.560. The predicted octanol–water partition coefficient (Wildman–Crippen LogP) is 2.85. The lowest BCUT2D eigenvalue weighted by Gasteiger charge is -1.97. The van der Waals surface area contributed by atoms with E-state index in [9.17, 15) is 10.1 Å². The molecule has 0 saturated carbocycles. The number of para-hydroxylation sites is 1. The largest absolute Gasteiger partial charge is 0.464 e. The quantitative estimate of drug-likeness (QED) is 0.539. The van der Waals surface area contributed by atoms with Crippen LogP contribution in [0.1, 0.15) is 0 Å². The smallest absolute Gasteiger partial charge is 0.280 e. The Kier molecular flexibility index (Phi) is 2.02. The fourth-order valence-electron chi connectivity index (χ4n) is 1.27. The lowest BCUT2D eigenvalue weighted by atomic mass is 10.1. The third-order valence-electron chi connectivity index (χ3n) is 1.89. The van der Waals surface area contributed by atoms with E-state index in [-0.39, 0.29) is 5.69 Å². The van der Waals surface area contributed by atoms with Crippen LogP contribution in [-0.2, 0) is 0 Å². The molecule has 0 saturated heterocycles. The van der Waals surface area contributed by atoms with Crippen LogP contribution in [0.4, 0.5) is 5.69 Å². The Balaban J connectivity index is 2.58. The second kappa shape index (κ2) is 3.33. The molecule has 0 aliphatic heterocycles. The molecule has 1 aromatic carbocycles. The van der Waals surface area contributed by atoms with Crippen molar-refractivity contribution in [2.24, 2.45) is 0 Å². The number of nitro benzene ring substituents is 1. The summed E-state index contributed by atoms with van der Waals surface area (Å²) in [4.78, 5) is 10.3. The molecule has 4 nitrogen and oxygen atoms in total. The van der Waals surface area contributed by atoms with E-state index in [0.29, 0.717) is 11.3 Å². The number of furan rings is 1. The molecule has 1 heterocycles. The van der Waals surface area contributed by atoms with Crippen molar-refractivity contribution >= 4 is 5.69 Å². The summed E-state index contributed by atoms with van der Waals surface area (Å²) in [6.45, 7) is 0. The summed E-state index contributed by atoms with van der Waals surface area (Å²) in [7, 11) is 0. The molecular formula is C10H7NO3. The molecule has 0 spiro atoms. The summed E-state index contributed by atoms with van der Waals surface area (Å²) in [6.07, 6.45) is 1.49. The first-order valence-corrected chi connectivity index (χ1v) is 4.06. The zero-order valence-electron chi connectivity index (χ0n) is 7.21. The zero-order valence-corrected chi connectivity index (χ0v) is 7.21. The molecule has 14 heavy (non-hydrogen) atoms. The average molecular weight is 189 g/mol. The predicted molar refractivity (Wildman–Crippen MR) is 50.8 cm³/mol. The van der Waals surface area contributed by atoms with E-state index < -0.39 is 4.92 Å². The minimum absolute atomic E-state index is 0.0578. The lowest BCUT2D eigenvalue weighted by molar-refractivity contribution is -0.384. The van der Waals surface area contributed by atoms with Crippen molar-refractivity contribution in [1.82, 2.24) is 0 Å².